The van der Waals surface area contributed by atoms with Gasteiger partial charge >= 0.3 is 6.18 Å². The largest absolute Gasteiger partial charge is 0.481 e. The smallest absolute Gasteiger partial charge is 0.437 e. The van der Waals surface area contributed by atoms with E-state index in [1.807, 2.05) is 6.07 Å². The summed E-state index contributed by atoms with van der Waals surface area (Å²) in [6.45, 7) is 1.34. The maximum Gasteiger partial charge on any atom is 0.437 e. The van der Waals surface area contributed by atoms with Crippen molar-refractivity contribution in [1.29, 1.82) is 5.26 Å². The summed E-state index contributed by atoms with van der Waals surface area (Å²) in [6.07, 6.45) is -3.49. The molecule has 1 aromatic carbocycles. The van der Waals surface area contributed by atoms with Crippen LogP contribution in [-0.2, 0) is 12.7 Å². The number of nitrogens with zero attached hydrogens (tertiary/aromatic N) is 5. The predicted octanol–water partition coefficient (Wildman–Crippen LogP) is 4.33. The molecule has 11 heteroatoms. The highest BCUT2D eigenvalue weighted by atomic mass is 19.4. The van der Waals surface area contributed by atoms with Crippen LogP contribution in [0.5, 0.6) is 5.88 Å². The summed E-state index contributed by atoms with van der Waals surface area (Å²) in [5.74, 6) is -0.610. The number of nitrogens with one attached hydrogen (secondary N) is 1. The third-order valence-electron chi connectivity index (χ3n) is 5.13. The van der Waals surface area contributed by atoms with Crippen molar-refractivity contribution < 1.29 is 22.7 Å². The number of hydrogen-bond acceptors (Lipinski definition) is 6. The van der Waals surface area contributed by atoms with E-state index in [9.17, 15) is 18.0 Å². The summed E-state index contributed by atoms with van der Waals surface area (Å²) in [5, 5.41) is 15.4. The van der Waals surface area contributed by atoms with Gasteiger partial charge in [0.2, 0.25) is 5.88 Å². The van der Waals surface area contributed by atoms with Gasteiger partial charge in [0.05, 0.1) is 47.4 Å². The Balaban J connectivity index is 1.73. The third kappa shape index (κ3) is 4.38. The van der Waals surface area contributed by atoms with E-state index in [4.69, 9.17) is 10.00 Å². The number of ether oxygens (including phenoxy) is 1. The molecule has 1 amide bonds. The van der Waals surface area contributed by atoms with Crippen LogP contribution in [0.4, 0.5) is 18.9 Å². The molecule has 0 atom stereocenters. The second-order valence-corrected chi connectivity index (χ2v) is 7.30. The molecule has 0 fully saturated rings. The number of halogens is 3. The number of nitriles is 1. The lowest BCUT2D eigenvalue weighted by atomic mass is 10.1. The van der Waals surface area contributed by atoms with Crippen molar-refractivity contribution in [2.24, 2.45) is 0 Å². The van der Waals surface area contributed by atoms with E-state index in [0.717, 1.165) is 4.68 Å². The molecule has 0 radical (unpaired) electrons. The van der Waals surface area contributed by atoms with Crippen LogP contribution in [0.1, 0.15) is 33.0 Å². The van der Waals surface area contributed by atoms with E-state index in [1.54, 1.807) is 24.3 Å². The van der Waals surface area contributed by atoms with Gasteiger partial charge in [0, 0.05) is 17.6 Å². The molecule has 0 aliphatic heterocycles. The zero-order valence-electron chi connectivity index (χ0n) is 18.0. The summed E-state index contributed by atoms with van der Waals surface area (Å²) in [7, 11) is 1.38. The minimum atomic E-state index is -4.81. The molecular formula is C23H17F3N6O2. The van der Waals surface area contributed by atoms with Crippen LogP contribution < -0.4 is 10.1 Å². The number of anilines is 1. The fourth-order valence-electron chi connectivity index (χ4n) is 3.41. The van der Waals surface area contributed by atoms with E-state index < -0.39 is 23.5 Å². The maximum absolute atomic E-state index is 13.8. The minimum absolute atomic E-state index is 0.0809. The van der Waals surface area contributed by atoms with Gasteiger partial charge in [-0.1, -0.05) is 18.2 Å². The molecule has 34 heavy (non-hydrogen) atoms. The zero-order valence-corrected chi connectivity index (χ0v) is 18.0. The van der Waals surface area contributed by atoms with Crippen LogP contribution in [0.2, 0.25) is 0 Å². The van der Waals surface area contributed by atoms with Crippen LogP contribution in [-0.4, -0.2) is 32.8 Å². The van der Waals surface area contributed by atoms with Gasteiger partial charge in [-0.2, -0.15) is 23.5 Å². The number of carbonyl (C=O) groups excluding carboxylic acids is 1. The summed E-state index contributed by atoms with van der Waals surface area (Å²) in [6, 6.07) is 13.1. The van der Waals surface area contributed by atoms with Gasteiger partial charge in [0.1, 0.15) is 6.07 Å². The van der Waals surface area contributed by atoms with E-state index in [0.29, 0.717) is 22.2 Å². The third-order valence-corrected chi connectivity index (χ3v) is 5.13. The Bertz CT molecular complexity index is 1420. The minimum Gasteiger partial charge on any atom is -0.481 e. The first-order chi connectivity index (χ1) is 16.2. The second kappa shape index (κ2) is 8.82. The van der Waals surface area contributed by atoms with Gasteiger partial charge in [-0.3, -0.25) is 14.5 Å². The average molecular weight is 466 g/mol. The number of rotatable bonds is 5. The average Bonchev–Trinajstić information content (AvgIpc) is 3.14. The number of benzene rings is 1. The van der Waals surface area contributed by atoms with Crippen molar-refractivity contribution in [3.63, 3.8) is 0 Å². The predicted molar refractivity (Wildman–Crippen MR) is 116 cm³/mol. The Morgan fingerprint density at radius 2 is 2.00 bits per heavy atom. The van der Waals surface area contributed by atoms with E-state index in [-0.39, 0.29) is 23.7 Å². The van der Waals surface area contributed by atoms with Crippen LogP contribution in [0, 0.1) is 18.3 Å². The molecule has 0 saturated heterocycles. The number of fused-ring (bicyclic) bond motifs is 1. The molecule has 0 unspecified atom stereocenters. The van der Waals surface area contributed by atoms with Gasteiger partial charge < -0.3 is 10.1 Å². The quantitative estimate of drug-likeness (QED) is 0.469. The summed E-state index contributed by atoms with van der Waals surface area (Å²) < 4.78 is 47.6. The monoisotopic (exact) mass is 466 g/mol. The van der Waals surface area contributed by atoms with Gasteiger partial charge in [-0.25, -0.2) is 4.98 Å². The second-order valence-electron chi connectivity index (χ2n) is 7.30. The molecule has 8 nitrogen and oxygen atoms in total. The molecule has 172 valence electrons. The topological polar surface area (TPSA) is 106 Å². The highest BCUT2D eigenvalue weighted by Gasteiger charge is 2.39. The van der Waals surface area contributed by atoms with Gasteiger partial charge in [-0.15, -0.1) is 0 Å². The Morgan fingerprint density at radius 3 is 2.65 bits per heavy atom. The molecule has 0 aliphatic carbocycles. The van der Waals surface area contributed by atoms with E-state index in [1.165, 1.54) is 38.4 Å². The van der Waals surface area contributed by atoms with Crippen LogP contribution in [0.25, 0.3) is 10.9 Å². The normalized spacial score (nSPS) is 11.3. The lowest BCUT2D eigenvalue weighted by Gasteiger charge is -2.12. The van der Waals surface area contributed by atoms with Crippen molar-refractivity contribution in [2.45, 2.75) is 19.6 Å². The van der Waals surface area contributed by atoms with Crippen LogP contribution in [0.15, 0.2) is 48.7 Å². The number of hydrogen-bond donors (Lipinski definition) is 1. The molecule has 3 heterocycles. The van der Waals surface area contributed by atoms with Crippen molar-refractivity contribution in [3.8, 4) is 11.9 Å². The Labute approximate surface area is 191 Å². The number of carbonyl (C=O) groups is 1. The first-order valence-corrected chi connectivity index (χ1v) is 9.96. The summed E-state index contributed by atoms with van der Waals surface area (Å²) in [5.41, 5.74) is -0.287. The lowest BCUT2D eigenvalue weighted by molar-refractivity contribution is -0.140. The number of pyridine rings is 2. The zero-order chi connectivity index (χ0) is 24.5. The first kappa shape index (κ1) is 22.7. The molecule has 0 saturated carbocycles. The molecule has 1 N–H and O–H groups in total. The Kier molecular flexibility index (Phi) is 5.89. The Morgan fingerprint density at radius 1 is 1.24 bits per heavy atom. The summed E-state index contributed by atoms with van der Waals surface area (Å²) >= 11 is 0. The van der Waals surface area contributed by atoms with Gasteiger partial charge in [-0.05, 0) is 25.1 Å². The summed E-state index contributed by atoms with van der Waals surface area (Å²) in [4.78, 5) is 21.5. The molecule has 0 aliphatic rings. The SMILES string of the molecule is COc1cc(C(=O)Nc2c(C(F)(F)F)nn(Cc3ccc(C#N)cn3)c2C)c2ccccc2n1. The Hall–Kier alpha value is -4.46. The van der Waals surface area contributed by atoms with Crippen molar-refractivity contribution >= 4 is 22.5 Å². The highest BCUT2D eigenvalue weighted by Crippen LogP contribution is 2.36. The van der Waals surface area contributed by atoms with Crippen LogP contribution >= 0.6 is 0 Å². The van der Waals surface area contributed by atoms with Gasteiger partial charge in [0.15, 0.2) is 5.69 Å². The number of methoxy groups -OCH3 is 1. The van der Waals surface area contributed by atoms with E-state index >= 15 is 0 Å². The number of amides is 1. The molecular weight excluding hydrogens is 449 g/mol. The molecule has 4 rings (SSSR count). The fraction of sp³-hybridized carbons (Fsp3) is 0.174. The van der Waals surface area contributed by atoms with E-state index in [2.05, 4.69) is 20.4 Å². The molecule has 0 bridgehead atoms. The van der Waals surface area contributed by atoms with Gasteiger partial charge in [0.25, 0.3) is 5.91 Å². The lowest BCUT2D eigenvalue weighted by Crippen LogP contribution is -2.17. The molecule has 3 aromatic heterocycles. The van der Waals surface area contributed by atoms with Crippen LogP contribution in [0.3, 0.4) is 0 Å². The van der Waals surface area contributed by atoms with Crippen molar-refractivity contribution in [2.75, 3.05) is 12.4 Å². The number of para-hydroxylation sites is 1. The standard InChI is InChI=1S/C23H17F3N6O2/c1-13-20(30-22(33)17-9-19(34-2)29-18-6-4-3-5-16(17)18)21(23(24,25)26)31-32(13)12-15-8-7-14(10-27)11-28-15/h3-9,11H,12H2,1-2H3,(H,30,33). The molecule has 0 spiro atoms. The fourth-order valence-corrected chi connectivity index (χ4v) is 3.41. The van der Waals surface area contributed by atoms with Crippen molar-refractivity contribution in [3.05, 3.63) is 76.9 Å². The molecule has 4 aromatic rings. The number of aromatic nitrogens is 4. The highest BCUT2D eigenvalue weighted by molar-refractivity contribution is 6.13. The van der Waals surface area contributed by atoms with Crippen molar-refractivity contribution in [1.82, 2.24) is 19.7 Å². The maximum atomic E-state index is 13.8. The first-order valence-electron chi connectivity index (χ1n) is 9.96. The number of alkyl halides is 3.